The molecule has 0 N–H and O–H groups in total. The number of rotatable bonds is 7. The Morgan fingerprint density at radius 1 is 0.818 bits per heavy atom. The summed E-state index contributed by atoms with van der Waals surface area (Å²) in [5.41, 5.74) is 1.51. The van der Waals surface area contributed by atoms with Gasteiger partial charge in [0.2, 0.25) is 0 Å². The van der Waals surface area contributed by atoms with Crippen molar-refractivity contribution in [2.45, 2.75) is 4.90 Å². The summed E-state index contributed by atoms with van der Waals surface area (Å²) in [7, 11) is -3.98. The summed E-state index contributed by atoms with van der Waals surface area (Å²) >= 11 is 9.18. The zero-order valence-electron chi connectivity index (χ0n) is 17.1. The average Bonchev–Trinajstić information content (AvgIpc) is 2.81. The Morgan fingerprint density at radius 3 is 2.15 bits per heavy atom. The summed E-state index contributed by atoms with van der Waals surface area (Å²) in [5.74, 6) is 1.65. The third-order valence-corrected chi connectivity index (χ3v) is 6.56. The molecule has 0 bridgehead atoms. The number of nitrogens with zero attached hydrogens (tertiary/aromatic N) is 1. The molecule has 0 saturated carbocycles. The Hall–Kier alpha value is -3.13. The lowest BCUT2D eigenvalue weighted by Crippen LogP contribution is -2.10. The molecule has 0 fully saturated rings. The van der Waals surface area contributed by atoms with Crippen LogP contribution < -0.4 is 8.92 Å². The maximum Gasteiger partial charge on any atom is 0.339 e. The van der Waals surface area contributed by atoms with Crippen molar-refractivity contribution in [2.24, 2.45) is 4.99 Å². The maximum atomic E-state index is 12.5. The highest BCUT2D eigenvalue weighted by Gasteiger charge is 2.18. The van der Waals surface area contributed by atoms with Gasteiger partial charge in [-0.1, -0.05) is 29.8 Å². The molecular formula is C25H17BrClNO4S. The van der Waals surface area contributed by atoms with Gasteiger partial charge >= 0.3 is 10.1 Å². The summed E-state index contributed by atoms with van der Waals surface area (Å²) in [6.45, 7) is 0. The lowest BCUT2D eigenvalue weighted by Gasteiger charge is -2.09. The fraction of sp³-hybridized carbons (Fsp3) is 0. The van der Waals surface area contributed by atoms with Crippen molar-refractivity contribution in [2.75, 3.05) is 0 Å². The van der Waals surface area contributed by atoms with Gasteiger partial charge in [-0.05, 0) is 100 Å². The SMILES string of the molecule is O=S(=O)(Oc1ccc(C=Nc2ccc(Oc3ccccc3)cc2)cc1Br)c1ccc(Cl)cc1. The van der Waals surface area contributed by atoms with Crippen molar-refractivity contribution in [3.63, 3.8) is 0 Å². The fourth-order valence-corrected chi connectivity index (χ4v) is 4.46. The van der Waals surface area contributed by atoms with Crippen molar-refractivity contribution >= 4 is 49.6 Å². The smallest absolute Gasteiger partial charge is 0.339 e. The van der Waals surface area contributed by atoms with Gasteiger partial charge in [-0.3, -0.25) is 4.99 Å². The molecule has 5 nitrogen and oxygen atoms in total. The Morgan fingerprint density at radius 2 is 1.48 bits per heavy atom. The van der Waals surface area contributed by atoms with Gasteiger partial charge < -0.3 is 8.92 Å². The van der Waals surface area contributed by atoms with Gasteiger partial charge in [-0.25, -0.2) is 0 Å². The van der Waals surface area contributed by atoms with Crippen LogP contribution in [0.15, 0.2) is 111 Å². The molecule has 4 aromatic rings. The summed E-state index contributed by atoms with van der Waals surface area (Å²) in [6, 6.07) is 27.7. The van der Waals surface area contributed by atoms with Gasteiger partial charge in [-0.15, -0.1) is 0 Å². The molecule has 0 aliphatic heterocycles. The second kappa shape index (κ2) is 10.2. The summed E-state index contributed by atoms with van der Waals surface area (Å²) in [4.78, 5) is 4.47. The van der Waals surface area contributed by atoms with Gasteiger partial charge in [0.25, 0.3) is 0 Å². The molecule has 0 heterocycles. The number of benzene rings is 4. The second-order valence-electron chi connectivity index (χ2n) is 6.85. The molecule has 0 aliphatic rings. The van der Waals surface area contributed by atoms with E-state index in [-0.39, 0.29) is 10.6 Å². The largest absolute Gasteiger partial charge is 0.457 e. The van der Waals surface area contributed by atoms with Crippen LogP contribution in [-0.4, -0.2) is 14.6 Å². The molecule has 33 heavy (non-hydrogen) atoms. The molecule has 0 aromatic heterocycles. The lowest BCUT2D eigenvalue weighted by molar-refractivity contribution is 0.482. The molecule has 8 heteroatoms. The standard InChI is InChI=1S/C25H17BrClNO4S/c26-24-16-18(6-15-25(24)32-33(29,30)23-13-7-19(27)8-14-23)17-28-20-9-11-22(12-10-20)31-21-4-2-1-3-5-21/h1-17H. The number of ether oxygens (including phenoxy) is 1. The Labute approximate surface area is 205 Å². The molecular weight excluding hydrogens is 526 g/mol. The Kier molecular flexibility index (Phi) is 7.13. The third-order valence-electron chi connectivity index (χ3n) is 4.44. The van der Waals surface area contributed by atoms with Gasteiger partial charge in [0, 0.05) is 11.2 Å². The van der Waals surface area contributed by atoms with E-state index in [9.17, 15) is 8.42 Å². The monoisotopic (exact) mass is 541 g/mol. The highest BCUT2D eigenvalue weighted by Crippen LogP contribution is 2.29. The van der Waals surface area contributed by atoms with Crippen LogP contribution in [0.4, 0.5) is 5.69 Å². The van der Waals surface area contributed by atoms with Crippen LogP contribution >= 0.6 is 27.5 Å². The first-order valence-electron chi connectivity index (χ1n) is 9.76. The van der Waals surface area contributed by atoms with E-state index in [0.29, 0.717) is 15.2 Å². The summed E-state index contributed by atoms with van der Waals surface area (Å²) in [6.07, 6.45) is 1.68. The topological polar surface area (TPSA) is 65.0 Å². The zero-order chi connectivity index (χ0) is 23.3. The highest BCUT2D eigenvalue weighted by atomic mass is 79.9. The molecule has 0 radical (unpaired) electrons. The molecule has 0 atom stereocenters. The normalized spacial score (nSPS) is 11.5. The van der Waals surface area contributed by atoms with Crippen molar-refractivity contribution in [3.05, 3.63) is 112 Å². The first kappa shape index (κ1) is 23.0. The lowest BCUT2D eigenvalue weighted by atomic mass is 10.2. The highest BCUT2D eigenvalue weighted by molar-refractivity contribution is 9.10. The van der Waals surface area contributed by atoms with E-state index in [2.05, 4.69) is 20.9 Å². The van der Waals surface area contributed by atoms with Gasteiger partial charge in [0.15, 0.2) is 5.75 Å². The maximum absolute atomic E-state index is 12.5. The summed E-state index contributed by atoms with van der Waals surface area (Å²) < 4.78 is 36.5. The van der Waals surface area contributed by atoms with Crippen LogP contribution in [0, 0.1) is 0 Å². The molecule has 0 aliphatic carbocycles. The quantitative estimate of drug-likeness (QED) is 0.180. The predicted octanol–water partition coefficient (Wildman–Crippen LogP) is 7.41. The van der Waals surface area contributed by atoms with Crippen LogP contribution in [0.5, 0.6) is 17.2 Å². The van der Waals surface area contributed by atoms with Crippen LogP contribution in [0.2, 0.25) is 5.02 Å². The van der Waals surface area contributed by atoms with E-state index in [4.69, 9.17) is 20.5 Å². The minimum atomic E-state index is -3.98. The Bertz CT molecular complexity index is 1370. The number of hydrogen-bond donors (Lipinski definition) is 0. The molecule has 166 valence electrons. The first-order chi connectivity index (χ1) is 15.9. The van der Waals surface area contributed by atoms with Crippen LogP contribution in [0.25, 0.3) is 0 Å². The zero-order valence-corrected chi connectivity index (χ0v) is 20.2. The van der Waals surface area contributed by atoms with Crippen molar-refractivity contribution < 1.29 is 17.3 Å². The van der Waals surface area contributed by atoms with Gasteiger partial charge in [0.1, 0.15) is 16.4 Å². The van der Waals surface area contributed by atoms with Crippen LogP contribution in [0.3, 0.4) is 0 Å². The molecule has 0 unspecified atom stereocenters. The number of aliphatic imine (C=N–C) groups is 1. The van der Waals surface area contributed by atoms with E-state index in [1.807, 2.05) is 54.6 Å². The summed E-state index contributed by atoms with van der Waals surface area (Å²) in [5, 5.41) is 0.442. The minimum absolute atomic E-state index is 0.0177. The minimum Gasteiger partial charge on any atom is -0.457 e. The molecule has 0 saturated heterocycles. The number of hydrogen-bond acceptors (Lipinski definition) is 5. The third kappa shape index (κ3) is 6.22. The van der Waals surface area contributed by atoms with Crippen molar-refractivity contribution in [1.29, 1.82) is 0 Å². The van der Waals surface area contributed by atoms with E-state index in [0.717, 1.165) is 17.0 Å². The van der Waals surface area contributed by atoms with Crippen molar-refractivity contribution in [3.8, 4) is 17.2 Å². The van der Waals surface area contributed by atoms with Gasteiger partial charge in [0.05, 0.1) is 10.2 Å². The molecule has 0 spiro atoms. The van der Waals surface area contributed by atoms with E-state index in [1.165, 1.54) is 24.3 Å². The first-order valence-corrected chi connectivity index (χ1v) is 12.3. The molecule has 4 rings (SSSR count). The van der Waals surface area contributed by atoms with E-state index >= 15 is 0 Å². The number of para-hydroxylation sites is 1. The fourth-order valence-electron chi connectivity index (χ4n) is 2.81. The van der Waals surface area contributed by atoms with Crippen molar-refractivity contribution in [1.82, 2.24) is 0 Å². The van der Waals surface area contributed by atoms with Crippen LogP contribution in [-0.2, 0) is 10.1 Å². The molecule has 0 amide bonds. The van der Waals surface area contributed by atoms with E-state index < -0.39 is 10.1 Å². The van der Waals surface area contributed by atoms with Gasteiger partial charge in [-0.2, -0.15) is 8.42 Å². The number of halogens is 2. The average molecular weight is 543 g/mol. The van der Waals surface area contributed by atoms with E-state index in [1.54, 1.807) is 24.4 Å². The molecule has 4 aromatic carbocycles. The van der Waals surface area contributed by atoms with Crippen LogP contribution in [0.1, 0.15) is 5.56 Å². The Balaban J connectivity index is 1.43. The second-order valence-corrected chi connectivity index (χ2v) is 9.69. The predicted molar refractivity (Wildman–Crippen MR) is 134 cm³/mol.